The van der Waals surface area contributed by atoms with Crippen molar-refractivity contribution in [3.8, 4) is 0 Å². The van der Waals surface area contributed by atoms with E-state index in [1.165, 1.54) is 13.0 Å². The Bertz CT molecular complexity index is 945. The first-order chi connectivity index (χ1) is 11.5. The number of aromatic nitrogens is 2. The van der Waals surface area contributed by atoms with Crippen molar-refractivity contribution in [1.29, 1.82) is 0 Å². The summed E-state index contributed by atoms with van der Waals surface area (Å²) in [4.78, 5) is 27.7. The van der Waals surface area contributed by atoms with Gasteiger partial charge in [0.15, 0.2) is 0 Å². The number of carbonyl (C=O) groups excluding carboxylic acids is 1. The van der Waals surface area contributed by atoms with E-state index in [2.05, 4.69) is 15.6 Å². The largest absolute Gasteiger partial charge is 0.379 e. The number of aryl methyl sites for hydroxylation is 1. The number of pyridine rings is 1. The number of amides is 1. The summed E-state index contributed by atoms with van der Waals surface area (Å²) in [6, 6.07) is 12.7. The van der Waals surface area contributed by atoms with Crippen molar-refractivity contribution < 1.29 is 4.79 Å². The molecule has 6 heteroatoms. The standard InChI is InChI=1S/C18H18N4O2/c1-12-3-8-17-21-16(9-18(24)22(17)11-12)10-19-14-4-6-15(7-5-14)20-13(2)23/h3-9,11,19H,10H2,1-2H3,(H,20,23). The molecule has 0 fully saturated rings. The van der Waals surface area contributed by atoms with E-state index >= 15 is 0 Å². The molecule has 2 N–H and O–H groups in total. The van der Waals surface area contributed by atoms with Crippen LogP contribution in [0.4, 0.5) is 11.4 Å². The molecule has 2 heterocycles. The zero-order valence-electron chi connectivity index (χ0n) is 13.5. The van der Waals surface area contributed by atoms with Crippen molar-refractivity contribution in [1.82, 2.24) is 9.38 Å². The molecule has 0 bridgehead atoms. The monoisotopic (exact) mass is 322 g/mol. The molecule has 2 aromatic heterocycles. The van der Waals surface area contributed by atoms with E-state index in [0.717, 1.165) is 16.9 Å². The topological polar surface area (TPSA) is 75.5 Å². The first-order valence-corrected chi connectivity index (χ1v) is 7.62. The van der Waals surface area contributed by atoms with Gasteiger partial charge in [0, 0.05) is 30.6 Å². The summed E-state index contributed by atoms with van der Waals surface area (Å²) in [7, 11) is 0. The molecule has 3 rings (SSSR count). The van der Waals surface area contributed by atoms with Crippen LogP contribution in [-0.4, -0.2) is 15.3 Å². The highest BCUT2D eigenvalue weighted by Crippen LogP contribution is 2.14. The van der Waals surface area contributed by atoms with E-state index in [0.29, 0.717) is 17.9 Å². The Kier molecular flexibility index (Phi) is 4.29. The van der Waals surface area contributed by atoms with Crippen molar-refractivity contribution in [2.24, 2.45) is 0 Å². The molecule has 122 valence electrons. The number of rotatable bonds is 4. The summed E-state index contributed by atoms with van der Waals surface area (Å²) in [6.45, 7) is 3.85. The van der Waals surface area contributed by atoms with E-state index in [1.54, 1.807) is 10.6 Å². The van der Waals surface area contributed by atoms with Gasteiger partial charge in [0.2, 0.25) is 5.91 Å². The quantitative estimate of drug-likeness (QED) is 0.774. The Hall–Kier alpha value is -3.15. The van der Waals surface area contributed by atoms with Gasteiger partial charge in [-0.05, 0) is 42.8 Å². The molecule has 0 atom stereocenters. The number of nitrogens with one attached hydrogen (secondary N) is 2. The van der Waals surface area contributed by atoms with Crippen molar-refractivity contribution in [2.75, 3.05) is 10.6 Å². The molecule has 0 saturated carbocycles. The van der Waals surface area contributed by atoms with Gasteiger partial charge in [-0.15, -0.1) is 0 Å². The fourth-order valence-corrected chi connectivity index (χ4v) is 2.42. The fourth-order valence-electron chi connectivity index (χ4n) is 2.42. The van der Waals surface area contributed by atoms with Crippen LogP contribution in [0.25, 0.3) is 5.65 Å². The van der Waals surface area contributed by atoms with Crippen molar-refractivity contribution >= 4 is 22.9 Å². The lowest BCUT2D eigenvalue weighted by Crippen LogP contribution is -2.17. The third kappa shape index (κ3) is 3.60. The summed E-state index contributed by atoms with van der Waals surface area (Å²) in [5.74, 6) is -0.105. The number of hydrogen-bond donors (Lipinski definition) is 2. The Labute approximate surface area is 139 Å². The summed E-state index contributed by atoms with van der Waals surface area (Å²) in [5, 5.41) is 5.94. The number of nitrogens with zero attached hydrogens (tertiary/aromatic N) is 2. The summed E-state index contributed by atoms with van der Waals surface area (Å²) in [6.07, 6.45) is 1.78. The zero-order chi connectivity index (χ0) is 17.1. The second-order valence-corrected chi connectivity index (χ2v) is 5.63. The van der Waals surface area contributed by atoms with E-state index in [-0.39, 0.29) is 11.5 Å². The minimum Gasteiger partial charge on any atom is -0.379 e. The number of hydrogen-bond acceptors (Lipinski definition) is 4. The molecule has 6 nitrogen and oxygen atoms in total. The first-order valence-electron chi connectivity index (χ1n) is 7.62. The van der Waals surface area contributed by atoms with Crippen LogP contribution < -0.4 is 16.2 Å². The lowest BCUT2D eigenvalue weighted by Gasteiger charge is -2.09. The molecular weight excluding hydrogens is 304 g/mol. The van der Waals surface area contributed by atoms with Gasteiger partial charge in [-0.3, -0.25) is 14.0 Å². The van der Waals surface area contributed by atoms with Gasteiger partial charge in [-0.1, -0.05) is 6.07 Å². The van der Waals surface area contributed by atoms with Crippen LogP contribution >= 0.6 is 0 Å². The van der Waals surface area contributed by atoms with E-state index in [4.69, 9.17) is 0 Å². The highest BCUT2D eigenvalue weighted by atomic mass is 16.1. The smallest absolute Gasteiger partial charge is 0.258 e. The van der Waals surface area contributed by atoms with Crippen LogP contribution in [0.2, 0.25) is 0 Å². The summed E-state index contributed by atoms with van der Waals surface area (Å²) in [5.41, 5.74) is 3.85. The minimum absolute atomic E-state index is 0.0958. The maximum absolute atomic E-state index is 12.2. The predicted molar refractivity (Wildman–Crippen MR) is 94.3 cm³/mol. The first kappa shape index (κ1) is 15.7. The van der Waals surface area contributed by atoms with Gasteiger partial charge in [-0.25, -0.2) is 4.98 Å². The van der Waals surface area contributed by atoms with Gasteiger partial charge in [0.05, 0.1) is 12.2 Å². The van der Waals surface area contributed by atoms with Gasteiger partial charge in [0.1, 0.15) is 5.65 Å². The molecule has 0 aliphatic carbocycles. The Morgan fingerprint density at radius 2 is 1.83 bits per heavy atom. The average molecular weight is 322 g/mol. The van der Waals surface area contributed by atoms with Gasteiger partial charge in [-0.2, -0.15) is 0 Å². The normalized spacial score (nSPS) is 10.6. The number of benzene rings is 1. The number of carbonyl (C=O) groups is 1. The Balaban J connectivity index is 1.74. The lowest BCUT2D eigenvalue weighted by atomic mass is 10.2. The van der Waals surface area contributed by atoms with Crippen molar-refractivity contribution in [3.05, 3.63) is 70.3 Å². The molecule has 0 radical (unpaired) electrons. The Morgan fingerprint density at radius 3 is 2.54 bits per heavy atom. The van der Waals surface area contributed by atoms with E-state index in [1.807, 2.05) is 43.3 Å². The summed E-state index contributed by atoms with van der Waals surface area (Å²) < 4.78 is 1.54. The van der Waals surface area contributed by atoms with Crippen LogP contribution in [0.5, 0.6) is 0 Å². The zero-order valence-corrected chi connectivity index (χ0v) is 13.5. The maximum atomic E-state index is 12.2. The van der Waals surface area contributed by atoms with E-state index in [9.17, 15) is 9.59 Å². The molecule has 0 unspecified atom stereocenters. The van der Waals surface area contributed by atoms with Crippen LogP contribution in [0.15, 0.2) is 53.5 Å². The van der Waals surface area contributed by atoms with Crippen molar-refractivity contribution in [3.63, 3.8) is 0 Å². The fraction of sp³-hybridized carbons (Fsp3) is 0.167. The molecular formula is C18H18N4O2. The lowest BCUT2D eigenvalue weighted by molar-refractivity contribution is -0.114. The molecule has 0 spiro atoms. The molecule has 0 saturated heterocycles. The summed E-state index contributed by atoms with van der Waals surface area (Å²) >= 11 is 0. The highest BCUT2D eigenvalue weighted by Gasteiger charge is 2.03. The molecule has 0 aliphatic rings. The van der Waals surface area contributed by atoms with Gasteiger partial charge >= 0.3 is 0 Å². The van der Waals surface area contributed by atoms with Gasteiger partial charge < -0.3 is 10.6 Å². The predicted octanol–water partition coefficient (Wildman–Crippen LogP) is 2.57. The third-order valence-electron chi connectivity index (χ3n) is 3.54. The maximum Gasteiger partial charge on any atom is 0.258 e. The SMILES string of the molecule is CC(=O)Nc1ccc(NCc2cc(=O)n3cc(C)ccc3n2)cc1. The third-order valence-corrected chi connectivity index (χ3v) is 3.54. The number of anilines is 2. The Morgan fingerprint density at radius 1 is 1.12 bits per heavy atom. The minimum atomic E-state index is -0.105. The van der Waals surface area contributed by atoms with Crippen LogP contribution in [0, 0.1) is 6.92 Å². The molecule has 0 aliphatic heterocycles. The molecule has 3 aromatic rings. The second kappa shape index (κ2) is 6.54. The second-order valence-electron chi connectivity index (χ2n) is 5.63. The van der Waals surface area contributed by atoms with E-state index < -0.39 is 0 Å². The number of fused-ring (bicyclic) bond motifs is 1. The molecule has 24 heavy (non-hydrogen) atoms. The van der Waals surface area contributed by atoms with Crippen molar-refractivity contribution in [2.45, 2.75) is 20.4 Å². The van der Waals surface area contributed by atoms with Crippen LogP contribution in [-0.2, 0) is 11.3 Å². The average Bonchev–Trinajstić information content (AvgIpc) is 2.54. The van der Waals surface area contributed by atoms with Crippen LogP contribution in [0.3, 0.4) is 0 Å². The molecule has 1 amide bonds. The van der Waals surface area contributed by atoms with Crippen LogP contribution in [0.1, 0.15) is 18.2 Å². The highest BCUT2D eigenvalue weighted by molar-refractivity contribution is 5.88. The molecule has 1 aromatic carbocycles. The van der Waals surface area contributed by atoms with Gasteiger partial charge in [0.25, 0.3) is 5.56 Å².